The molecule has 7 nitrogen and oxygen atoms in total. The van der Waals surface area contributed by atoms with Crippen molar-refractivity contribution in [1.29, 1.82) is 0 Å². The molecule has 3 N–H and O–H groups in total. The normalized spacial score (nSPS) is 16.5. The Kier molecular flexibility index (Phi) is 6.34. The van der Waals surface area contributed by atoms with Gasteiger partial charge in [-0.05, 0) is 0 Å². The summed E-state index contributed by atoms with van der Waals surface area (Å²) in [4.78, 5) is 23.6. The molecule has 0 saturated carbocycles. The average molecular weight is 245 g/mol. The van der Waals surface area contributed by atoms with Gasteiger partial charge in [0, 0.05) is 39.1 Å². The molecule has 1 fully saturated rings. The minimum absolute atomic E-state index is 0.132. The van der Waals surface area contributed by atoms with E-state index in [1.807, 2.05) is 0 Å². The third kappa shape index (κ3) is 6.75. The van der Waals surface area contributed by atoms with Crippen molar-refractivity contribution >= 4 is 12.0 Å². The Morgan fingerprint density at radius 1 is 1.18 bits per heavy atom. The van der Waals surface area contributed by atoms with Crippen LogP contribution < -0.4 is 10.6 Å². The van der Waals surface area contributed by atoms with Crippen LogP contribution in [0.5, 0.6) is 0 Å². The van der Waals surface area contributed by atoms with Gasteiger partial charge in [0.05, 0.1) is 13.2 Å². The maximum Gasteiger partial charge on any atom is 0.404 e. The lowest BCUT2D eigenvalue weighted by molar-refractivity contribution is -0.121. The van der Waals surface area contributed by atoms with Gasteiger partial charge < -0.3 is 20.5 Å². The lowest BCUT2D eigenvalue weighted by Crippen LogP contribution is -2.41. The summed E-state index contributed by atoms with van der Waals surface area (Å²) in [6.07, 6.45) is -0.929. The molecule has 98 valence electrons. The lowest BCUT2D eigenvalue weighted by atomic mass is 10.3. The monoisotopic (exact) mass is 245 g/mol. The summed E-state index contributed by atoms with van der Waals surface area (Å²) in [7, 11) is 0. The molecule has 0 atom stereocenters. The molecule has 0 bridgehead atoms. The minimum atomic E-state index is -1.11. The van der Waals surface area contributed by atoms with Gasteiger partial charge in [-0.25, -0.2) is 4.79 Å². The molecule has 0 aliphatic carbocycles. The fourth-order valence-electron chi connectivity index (χ4n) is 1.55. The summed E-state index contributed by atoms with van der Waals surface area (Å²) in [5.74, 6) is -0.132. The molecule has 0 spiro atoms. The SMILES string of the molecule is O=C(O)NCCC(=O)NCCN1CCOCC1. The fourth-order valence-corrected chi connectivity index (χ4v) is 1.55. The summed E-state index contributed by atoms with van der Waals surface area (Å²) >= 11 is 0. The molecule has 0 aromatic rings. The van der Waals surface area contributed by atoms with Gasteiger partial charge in [0.25, 0.3) is 0 Å². The number of carbonyl (C=O) groups is 2. The first-order valence-electron chi connectivity index (χ1n) is 5.72. The van der Waals surface area contributed by atoms with Crippen molar-refractivity contribution in [2.45, 2.75) is 6.42 Å². The smallest absolute Gasteiger partial charge is 0.404 e. The van der Waals surface area contributed by atoms with E-state index in [-0.39, 0.29) is 18.9 Å². The second-order valence-corrected chi connectivity index (χ2v) is 3.79. The molecular weight excluding hydrogens is 226 g/mol. The van der Waals surface area contributed by atoms with Crippen molar-refractivity contribution < 1.29 is 19.4 Å². The highest BCUT2D eigenvalue weighted by Gasteiger charge is 2.10. The maximum atomic E-state index is 11.3. The summed E-state index contributed by atoms with van der Waals surface area (Å²) in [5, 5.41) is 13.2. The average Bonchev–Trinajstić information content (AvgIpc) is 2.30. The highest BCUT2D eigenvalue weighted by Crippen LogP contribution is 1.94. The number of hydrogen-bond donors (Lipinski definition) is 3. The van der Waals surface area contributed by atoms with Crippen LogP contribution in [0.4, 0.5) is 4.79 Å². The van der Waals surface area contributed by atoms with Gasteiger partial charge in [0.2, 0.25) is 5.91 Å². The zero-order valence-electron chi connectivity index (χ0n) is 9.78. The molecule has 7 heteroatoms. The molecule has 2 amide bonds. The van der Waals surface area contributed by atoms with E-state index in [9.17, 15) is 9.59 Å². The van der Waals surface area contributed by atoms with Gasteiger partial charge >= 0.3 is 6.09 Å². The maximum absolute atomic E-state index is 11.3. The predicted octanol–water partition coefficient (Wildman–Crippen LogP) is -0.907. The zero-order valence-corrected chi connectivity index (χ0v) is 9.78. The number of amides is 2. The van der Waals surface area contributed by atoms with Crippen LogP contribution in [0.25, 0.3) is 0 Å². The summed E-state index contributed by atoms with van der Waals surface area (Å²) in [6, 6.07) is 0. The summed E-state index contributed by atoms with van der Waals surface area (Å²) in [5.41, 5.74) is 0. The molecule has 1 heterocycles. The van der Waals surface area contributed by atoms with Crippen molar-refractivity contribution in [3.63, 3.8) is 0 Å². The third-order valence-electron chi connectivity index (χ3n) is 2.48. The number of nitrogens with zero attached hydrogens (tertiary/aromatic N) is 1. The predicted molar refractivity (Wildman–Crippen MR) is 60.9 cm³/mol. The standard InChI is InChI=1S/C10H19N3O4/c14-9(1-2-12-10(15)16)11-3-4-13-5-7-17-8-6-13/h12H,1-8H2,(H,11,14)(H,15,16). The molecule has 1 rings (SSSR count). The lowest BCUT2D eigenvalue weighted by Gasteiger charge is -2.26. The number of ether oxygens (including phenoxy) is 1. The van der Waals surface area contributed by atoms with Crippen LogP contribution >= 0.6 is 0 Å². The van der Waals surface area contributed by atoms with Gasteiger partial charge in [-0.3, -0.25) is 9.69 Å². The van der Waals surface area contributed by atoms with Crippen LogP contribution in [0.1, 0.15) is 6.42 Å². The number of carboxylic acid groups (broad SMARTS) is 1. The van der Waals surface area contributed by atoms with Crippen molar-refractivity contribution in [3.8, 4) is 0 Å². The Morgan fingerprint density at radius 2 is 1.88 bits per heavy atom. The van der Waals surface area contributed by atoms with Crippen LogP contribution in [0.15, 0.2) is 0 Å². The molecule has 0 radical (unpaired) electrons. The van der Waals surface area contributed by atoms with Gasteiger partial charge in [-0.1, -0.05) is 0 Å². The van der Waals surface area contributed by atoms with E-state index in [4.69, 9.17) is 9.84 Å². The summed E-state index contributed by atoms with van der Waals surface area (Å²) < 4.78 is 5.21. The first-order chi connectivity index (χ1) is 8.18. The third-order valence-corrected chi connectivity index (χ3v) is 2.48. The van der Waals surface area contributed by atoms with Gasteiger partial charge in [-0.2, -0.15) is 0 Å². The van der Waals surface area contributed by atoms with E-state index in [0.29, 0.717) is 6.54 Å². The molecule has 1 aliphatic rings. The highest BCUT2D eigenvalue weighted by molar-refractivity contribution is 5.76. The molecular formula is C10H19N3O4. The van der Waals surface area contributed by atoms with Crippen molar-refractivity contribution in [1.82, 2.24) is 15.5 Å². The van der Waals surface area contributed by atoms with Gasteiger partial charge in [0.15, 0.2) is 0 Å². The fraction of sp³-hybridized carbons (Fsp3) is 0.800. The van der Waals surface area contributed by atoms with Crippen LogP contribution in [0.2, 0.25) is 0 Å². The van der Waals surface area contributed by atoms with Crippen molar-refractivity contribution in [3.05, 3.63) is 0 Å². The van der Waals surface area contributed by atoms with E-state index in [1.54, 1.807) is 0 Å². The Morgan fingerprint density at radius 3 is 2.53 bits per heavy atom. The molecule has 1 aliphatic heterocycles. The second-order valence-electron chi connectivity index (χ2n) is 3.79. The minimum Gasteiger partial charge on any atom is -0.465 e. The van der Waals surface area contributed by atoms with Crippen LogP contribution in [0.3, 0.4) is 0 Å². The van der Waals surface area contributed by atoms with Crippen LogP contribution in [0, 0.1) is 0 Å². The topological polar surface area (TPSA) is 90.9 Å². The zero-order chi connectivity index (χ0) is 12.5. The Hall–Kier alpha value is -1.34. The Bertz CT molecular complexity index is 254. The molecule has 0 aromatic carbocycles. The van der Waals surface area contributed by atoms with E-state index in [2.05, 4.69) is 15.5 Å². The largest absolute Gasteiger partial charge is 0.465 e. The number of carbonyl (C=O) groups excluding carboxylic acids is 1. The van der Waals surface area contributed by atoms with E-state index < -0.39 is 6.09 Å². The Labute approximate surface area is 100 Å². The molecule has 0 aromatic heterocycles. The van der Waals surface area contributed by atoms with E-state index >= 15 is 0 Å². The van der Waals surface area contributed by atoms with E-state index in [1.165, 1.54) is 0 Å². The Balaban J connectivity index is 1.97. The first kappa shape index (κ1) is 13.7. The quantitative estimate of drug-likeness (QED) is 0.563. The number of nitrogens with one attached hydrogen (secondary N) is 2. The van der Waals surface area contributed by atoms with Gasteiger partial charge in [0.1, 0.15) is 0 Å². The number of morpholine rings is 1. The summed E-state index contributed by atoms with van der Waals surface area (Å²) in [6.45, 7) is 4.84. The van der Waals surface area contributed by atoms with Gasteiger partial charge in [-0.15, -0.1) is 0 Å². The second kappa shape index (κ2) is 7.86. The highest BCUT2D eigenvalue weighted by atomic mass is 16.5. The molecule has 1 saturated heterocycles. The number of hydrogen-bond acceptors (Lipinski definition) is 4. The van der Waals surface area contributed by atoms with Crippen LogP contribution in [-0.4, -0.2) is 67.9 Å². The molecule has 17 heavy (non-hydrogen) atoms. The number of rotatable bonds is 6. The molecule has 0 unspecified atom stereocenters. The van der Waals surface area contributed by atoms with Crippen LogP contribution in [-0.2, 0) is 9.53 Å². The van der Waals surface area contributed by atoms with Crippen molar-refractivity contribution in [2.75, 3.05) is 45.9 Å². The van der Waals surface area contributed by atoms with E-state index in [0.717, 1.165) is 32.8 Å². The first-order valence-corrected chi connectivity index (χ1v) is 5.72. The van der Waals surface area contributed by atoms with Crippen molar-refractivity contribution in [2.24, 2.45) is 0 Å².